The summed E-state index contributed by atoms with van der Waals surface area (Å²) in [5.74, 6) is -0.703. The first-order valence-corrected chi connectivity index (χ1v) is 23.3. The SMILES string of the molecule is CCCCCCCC/C=C\CCCCCCCCCCCC(=O)OC(CCCCC/C=C\CCCCCCCCCC)CCCCCCCC(=O)O. The summed E-state index contributed by atoms with van der Waals surface area (Å²) in [6.45, 7) is 4.56. The van der Waals surface area contributed by atoms with Gasteiger partial charge in [-0.2, -0.15) is 0 Å². The number of allylic oxidation sites excluding steroid dienone is 4. The van der Waals surface area contributed by atoms with Crippen molar-refractivity contribution >= 4 is 11.9 Å². The highest BCUT2D eigenvalue weighted by molar-refractivity contribution is 5.69. The van der Waals surface area contributed by atoms with Crippen molar-refractivity contribution < 1.29 is 19.4 Å². The van der Waals surface area contributed by atoms with Crippen LogP contribution in [-0.4, -0.2) is 23.1 Å². The minimum Gasteiger partial charge on any atom is -0.481 e. The Hall–Kier alpha value is -1.58. The average molecular weight is 731 g/mol. The second-order valence-corrected chi connectivity index (χ2v) is 15.9. The van der Waals surface area contributed by atoms with Gasteiger partial charge in [0.1, 0.15) is 6.10 Å². The van der Waals surface area contributed by atoms with Crippen molar-refractivity contribution in [2.75, 3.05) is 0 Å². The number of unbranched alkanes of at least 4 members (excludes halogenated alkanes) is 30. The molecule has 0 aliphatic carbocycles. The van der Waals surface area contributed by atoms with Crippen LogP contribution >= 0.6 is 0 Å². The molecule has 0 aliphatic rings. The molecule has 0 aromatic heterocycles. The van der Waals surface area contributed by atoms with Crippen LogP contribution in [0.25, 0.3) is 0 Å². The summed E-state index contributed by atoms with van der Waals surface area (Å²) >= 11 is 0. The summed E-state index contributed by atoms with van der Waals surface area (Å²) in [5, 5.41) is 8.85. The van der Waals surface area contributed by atoms with E-state index < -0.39 is 5.97 Å². The minimum atomic E-state index is -0.700. The molecule has 52 heavy (non-hydrogen) atoms. The number of rotatable bonds is 43. The van der Waals surface area contributed by atoms with Crippen LogP contribution in [0.5, 0.6) is 0 Å². The lowest BCUT2D eigenvalue weighted by atomic mass is 10.0. The summed E-state index contributed by atoms with van der Waals surface area (Å²) in [5.41, 5.74) is 0. The van der Waals surface area contributed by atoms with E-state index in [4.69, 9.17) is 9.84 Å². The zero-order valence-corrected chi connectivity index (χ0v) is 35.1. The molecular weight excluding hydrogens is 641 g/mol. The normalized spacial score (nSPS) is 12.3. The van der Waals surface area contributed by atoms with Gasteiger partial charge in [0.15, 0.2) is 0 Å². The van der Waals surface area contributed by atoms with Crippen LogP contribution in [0.4, 0.5) is 0 Å². The Morgan fingerprint density at radius 2 is 0.692 bits per heavy atom. The molecule has 0 aromatic rings. The fourth-order valence-corrected chi connectivity index (χ4v) is 7.18. The summed E-state index contributed by atoms with van der Waals surface area (Å²) in [6.07, 6.45) is 56.4. The molecule has 0 saturated heterocycles. The maximum absolute atomic E-state index is 12.7. The molecule has 0 bridgehead atoms. The fourth-order valence-electron chi connectivity index (χ4n) is 7.18. The van der Waals surface area contributed by atoms with E-state index in [1.54, 1.807) is 0 Å². The lowest BCUT2D eigenvalue weighted by Crippen LogP contribution is -2.18. The smallest absolute Gasteiger partial charge is 0.306 e. The molecule has 1 N–H and O–H groups in total. The van der Waals surface area contributed by atoms with Gasteiger partial charge < -0.3 is 9.84 Å². The van der Waals surface area contributed by atoms with Crippen molar-refractivity contribution in [3.8, 4) is 0 Å². The topological polar surface area (TPSA) is 63.6 Å². The number of hydrogen-bond acceptors (Lipinski definition) is 3. The number of aliphatic carboxylic acids is 1. The van der Waals surface area contributed by atoms with Gasteiger partial charge in [0, 0.05) is 12.8 Å². The highest BCUT2D eigenvalue weighted by Crippen LogP contribution is 2.19. The van der Waals surface area contributed by atoms with E-state index in [0.717, 1.165) is 70.6 Å². The molecule has 4 heteroatoms. The maximum atomic E-state index is 12.7. The molecular formula is C48H90O4. The lowest BCUT2D eigenvalue weighted by Gasteiger charge is -2.18. The summed E-state index contributed by atoms with van der Waals surface area (Å²) in [4.78, 5) is 23.5. The van der Waals surface area contributed by atoms with Gasteiger partial charge in [-0.05, 0) is 89.9 Å². The third kappa shape index (κ3) is 42.8. The monoisotopic (exact) mass is 731 g/mol. The standard InChI is InChI=1S/C48H90O4/c1-3-5-7-9-11-13-15-17-19-20-21-22-24-26-28-30-32-37-41-45-48(51)52-46(43-39-35-33-36-40-44-47(49)50)42-38-34-31-29-27-25-23-18-16-14-12-10-8-6-4-2/h17,19,25,27,46H,3-16,18,20-24,26,28-45H2,1-2H3,(H,49,50)/b19-17-,27-25-. The van der Waals surface area contributed by atoms with E-state index in [-0.39, 0.29) is 18.5 Å². The third-order valence-electron chi connectivity index (χ3n) is 10.6. The molecule has 0 spiro atoms. The Kier molecular flexibility index (Phi) is 42.5. The molecule has 0 saturated carbocycles. The van der Waals surface area contributed by atoms with Crippen LogP contribution < -0.4 is 0 Å². The number of carbonyl (C=O) groups excluding carboxylic acids is 1. The van der Waals surface area contributed by atoms with Crippen LogP contribution in [0.1, 0.15) is 264 Å². The second kappa shape index (κ2) is 43.8. The predicted molar refractivity (Wildman–Crippen MR) is 227 cm³/mol. The molecule has 1 unspecified atom stereocenters. The van der Waals surface area contributed by atoms with Gasteiger partial charge in [-0.25, -0.2) is 0 Å². The van der Waals surface area contributed by atoms with Gasteiger partial charge in [0.25, 0.3) is 0 Å². The zero-order valence-electron chi connectivity index (χ0n) is 35.1. The molecule has 0 rings (SSSR count). The summed E-state index contributed by atoms with van der Waals surface area (Å²) in [6, 6.07) is 0. The highest BCUT2D eigenvalue weighted by atomic mass is 16.5. The van der Waals surface area contributed by atoms with Crippen molar-refractivity contribution in [3.05, 3.63) is 24.3 Å². The summed E-state index contributed by atoms with van der Waals surface area (Å²) < 4.78 is 6.03. The lowest BCUT2D eigenvalue weighted by molar-refractivity contribution is -0.150. The molecule has 1 atom stereocenters. The van der Waals surface area contributed by atoms with Crippen molar-refractivity contribution in [2.24, 2.45) is 0 Å². The Balaban J connectivity index is 3.98. The Bertz CT molecular complexity index is 787. The summed E-state index contributed by atoms with van der Waals surface area (Å²) in [7, 11) is 0. The Labute approximate surface area is 325 Å². The van der Waals surface area contributed by atoms with Crippen molar-refractivity contribution in [1.29, 1.82) is 0 Å². The third-order valence-corrected chi connectivity index (χ3v) is 10.6. The minimum absolute atomic E-state index is 0.00336. The predicted octanol–water partition coefficient (Wildman–Crippen LogP) is 16.3. The van der Waals surface area contributed by atoms with Crippen molar-refractivity contribution in [1.82, 2.24) is 0 Å². The molecule has 306 valence electrons. The van der Waals surface area contributed by atoms with Gasteiger partial charge in [0.05, 0.1) is 0 Å². The largest absolute Gasteiger partial charge is 0.481 e. The molecule has 0 fully saturated rings. The molecule has 4 nitrogen and oxygen atoms in total. The molecule has 0 aliphatic heterocycles. The first-order valence-electron chi connectivity index (χ1n) is 23.3. The van der Waals surface area contributed by atoms with Gasteiger partial charge in [-0.15, -0.1) is 0 Å². The Morgan fingerprint density at radius 3 is 1.06 bits per heavy atom. The van der Waals surface area contributed by atoms with Gasteiger partial charge in [0.2, 0.25) is 0 Å². The van der Waals surface area contributed by atoms with Crippen LogP contribution in [0.15, 0.2) is 24.3 Å². The second-order valence-electron chi connectivity index (χ2n) is 15.9. The molecule has 0 heterocycles. The number of hydrogen-bond donors (Lipinski definition) is 1. The Morgan fingerprint density at radius 1 is 0.404 bits per heavy atom. The first kappa shape index (κ1) is 50.4. The first-order chi connectivity index (χ1) is 25.6. The maximum Gasteiger partial charge on any atom is 0.306 e. The number of carboxylic acids is 1. The van der Waals surface area contributed by atoms with E-state index >= 15 is 0 Å². The molecule has 0 radical (unpaired) electrons. The average Bonchev–Trinajstić information content (AvgIpc) is 3.13. The molecule has 0 amide bonds. The van der Waals surface area contributed by atoms with E-state index in [2.05, 4.69) is 38.2 Å². The van der Waals surface area contributed by atoms with Crippen LogP contribution in [-0.2, 0) is 14.3 Å². The van der Waals surface area contributed by atoms with Gasteiger partial charge >= 0.3 is 11.9 Å². The van der Waals surface area contributed by atoms with Gasteiger partial charge in [-0.3, -0.25) is 9.59 Å². The highest BCUT2D eigenvalue weighted by Gasteiger charge is 2.14. The van der Waals surface area contributed by atoms with Crippen LogP contribution in [0.2, 0.25) is 0 Å². The quantitative estimate of drug-likeness (QED) is 0.0385. The van der Waals surface area contributed by atoms with Crippen molar-refractivity contribution in [3.63, 3.8) is 0 Å². The van der Waals surface area contributed by atoms with Crippen molar-refractivity contribution in [2.45, 2.75) is 270 Å². The number of esters is 1. The van der Waals surface area contributed by atoms with Gasteiger partial charge in [-0.1, -0.05) is 186 Å². The molecule has 0 aromatic carbocycles. The van der Waals surface area contributed by atoms with E-state index in [9.17, 15) is 9.59 Å². The number of carbonyl (C=O) groups is 2. The van der Waals surface area contributed by atoms with E-state index in [1.165, 1.54) is 167 Å². The number of carboxylic acid groups (broad SMARTS) is 1. The van der Waals surface area contributed by atoms with E-state index in [0.29, 0.717) is 6.42 Å². The number of ether oxygens (including phenoxy) is 1. The van der Waals surface area contributed by atoms with Crippen LogP contribution in [0.3, 0.4) is 0 Å². The fraction of sp³-hybridized carbons (Fsp3) is 0.875. The van der Waals surface area contributed by atoms with E-state index in [1.807, 2.05) is 0 Å². The van der Waals surface area contributed by atoms with Crippen LogP contribution in [0, 0.1) is 0 Å². The zero-order chi connectivity index (χ0) is 37.8.